The van der Waals surface area contributed by atoms with Crippen LogP contribution in [-0.2, 0) is 4.79 Å². The molecule has 4 aliphatic rings. The first-order valence-electron chi connectivity index (χ1n) is 9.16. The fourth-order valence-corrected chi connectivity index (χ4v) is 7.10. The van der Waals surface area contributed by atoms with Gasteiger partial charge in [-0.3, -0.25) is 4.79 Å². The van der Waals surface area contributed by atoms with Crippen LogP contribution < -0.4 is 0 Å². The molecule has 4 rings (SSSR count). The van der Waals surface area contributed by atoms with Crippen LogP contribution >= 0.6 is 0 Å². The maximum atomic E-state index is 12.4. The average Bonchev–Trinajstić information content (AvgIpc) is 2.74. The summed E-state index contributed by atoms with van der Waals surface area (Å²) >= 11 is 0. The topological polar surface area (TPSA) is 37.3 Å². The van der Waals surface area contributed by atoms with E-state index in [-0.39, 0.29) is 11.5 Å². The van der Waals surface area contributed by atoms with Crippen molar-refractivity contribution in [3.63, 3.8) is 0 Å². The fourth-order valence-electron chi connectivity index (χ4n) is 7.10. The van der Waals surface area contributed by atoms with E-state index in [2.05, 4.69) is 13.8 Å². The maximum absolute atomic E-state index is 12.4. The normalized spacial score (nSPS) is 56.5. The molecule has 7 atom stereocenters. The summed E-state index contributed by atoms with van der Waals surface area (Å²) in [4.78, 5) is 12.4. The van der Waals surface area contributed by atoms with Gasteiger partial charge in [-0.25, -0.2) is 0 Å². The Kier molecular flexibility index (Phi) is 3.10. The van der Waals surface area contributed by atoms with Crippen molar-refractivity contribution in [1.82, 2.24) is 0 Å². The van der Waals surface area contributed by atoms with Crippen molar-refractivity contribution in [3.05, 3.63) is 0 Å². The summed E-state index contributed by atoms with van der Waals surface area (Å²) in [5.74, 6) is 3.52. The summed E-state index contributed by atoms with van der Waals surface area (Å²) in [5.41, 5.74) is 0.338. The van der Waals surface area contributed by atoms with Gasteiger partial charge < -0.3 is 5.11 Å². The largest absolute Gasteiger partial charge is 0.393 e. The minimum atomic E-state index is -0.0801. The number of carbonyl (C=O) groups is 1. The van der Waals surface area contributed by atoms with Crippen LogP contribution in [0, 0.1) is 34.5 Å². The summed E-state index contributed by atoms with van der Waals surface area (Å²) in [6.07, 6.45) is 10.1. The lowest BCUT2D eigenvalue weighted by atomic mass is 9.45. The lowest BCUT2D eigenvalue weighted by molar-refractivity contribution is -0.144. The highest BCUT2D eigenvalue weighted by Gasteiger charge is 2.60. The Morgan fingerprint density at radius 3 is 2.57 bits per heavy atom. The molecular formula is C19H30O2. The van der Waals surface area contributed by atoms with Crippen LogP contribution in [0.1, 0.15) is 71.6 Å². The van der Waals surface area contributed by atoms with Gasteiger partial charge >= 0.3 is 0 Å². The van der Waals surface area contributed by atoms with Gasteiger partial charge in [0.25, 0.3) is 0 Å². The summed E-state index contributed by atoms with van der Waals surface area (Å²) < 4.78 is 0. The summed E-state index contributed by atoms with van der Waals surface area (Å²) in [6, 6.07) is 0. The molecule has 0 radical (unpaired) electrons. The number of aliphatic hydroxyl groups excluding tert-OH is 1. The molecule has 0 bridgehead atoms. The highest BCUT2D eigenvalue weighted by atomic mass is 16.3. The second-order valence-corrected chi connectivity index (χ2v) is 9.01. The van der Waals surface area contributed by atoms with Gasteiger partial charge in [0.15, 0.2) is 0 Å². The van der Waals surface area contributed by atoms with Gasteiger partial charge in [0, 0.05) is 11.8 Å². The summed E-state index contributed by atoms with van der Waals surface area (Å²) in [7, 11) is 0. The number of fused-ring (bicyclic) bond motifs is 5. The molecule has 21 heavy (non-hydrogen) atoms. The van der Waals surface area contributed by atoms with Crippen LogP contribution in [0.15, 0.2) is 0 Å². The van der Waals surface area contributed by atoms with E-state index in [1.54, 1.807) is 0 Å². The molecule has 0 heterocycles. The van der Waals surface area contributed by atoms with Crippen LogP contribution in [0.3, 0.4) is 0 Å². The van der Waals surface area contributed by atoms with Crippen LogP contribution in [-0.4, -0.2) is 17.0 Å². The first-order chi connectivity index (χ1) is 9.95. The van der Waals surface area contributed by atoms with Crippen LogP contribution in [0.2, 0.25) is 0 Å². The minimum absolute atomic E-state index is 0.00234. The number of aliphatic hydroxyl groups is 1. The van der Waals surface area contributed by atoms with Gasteiger partial charge in [0.05, 0.1) is 6.10 Å². The first kappa shape index (κ1) is 14.2. The third-order valence-electron chi connectivity index (χ3n) is 8.30. The molecule has 1 N–H and O–H groups in total. The number of hydrogen-bond acceptors (Lipinski definition) is 2. The molecule has 0 unspecified atom stereocenters. The molecule has 0 aromatic carbocycles. The van der Waals surface area contributed by atoms with Gasteiger partial charge in [-0.15, -0.1) is 0 Å². The van der Waals surface area contributed by atoms with Crippen molar-refractivity contribution in [3.8, 4) is 0 Å². The zero-order valence-electron chi connectivity index (χ0n) is 13.6. The van der Waals surface area contributed by atoms with Gasteiger partial charge in [0.1, 0.15) is 5.78 Å². The van der Waals surface area contributed by atoms with Crippen molar-refractivity contribution in [1.29, 1.82) is 0 Å². The second-order valence-electron chi connectivity index (χ2n) is 9.01. The highest BCUT2D eigenvalue weighted by Crippen LogP contribution is 2.65. The molecule has 4 saturated carbocycles. The van der Waals surface area contributed by atoms with Gasteiger partial charge in [-0.1, -0.05) is 13.8 Å². The SMILES string of the molecule is C[C@]12C[C@@H](O)CC[C@@H]1CC[C@@H]1[C@@H]2CC[C@]2(C)C(=O)CC[C@@H]12. The predicted octanol–water partition coefficient (Wildman–Crippen LogP) is 3.96. The first-order valence-corrected chi connectivity index (χ1v) is 9.16. The molecule has 0 spiro atoms. The second kappa shape index (κ2) is 4.57. The third-order valence-corrected chi connectivity index (χ3v) is 8.30. The van der Waals surface area contributed by atoms with E-state index < -0.39 is 0 Å². The maximum Gasteiger partial charge on any atom is 0.139 e. The van der Waals surface area contributed by atoms with E-state index in [9.17, 15) is 9.90 Å². The van der Waals surface area contributed by atoms with Crippen molar-refractivity contribution in [2.75, 3.05) is 0 Å². The Morgan fingerprint density at radius 1 is 1.00 bits per heavy atom. The highest BCUT2D eigenvalue weighted by molar-refractivity contribution is 5.87. The molecule has 2 heteroatoms. The third kappa shape index (κ3) is 1.84. The van der Waals surface area contributed by atoms with Gasteiger partial charge in [-0.05, 0) is 80.5 Å². The lowest BCUT2D eigenvalue weighted by Gasteiger charge is -2.60. The molecular weight excluding hydrogens is 260 g/mol. The van der Waals surface area contributed by atoms with E-state index in [1.807, 2.05) is 0 Å². The fraction of sp³-hybridized carbons (Fsp3) is 0.947. The number of Topliss-reactive ketones (excluding diaryl/α,β-unsaturated/α-hetero) is 1. The zero-order chi connectivity index (χ0) is 14.8. The summed E-state index contributed by atoms with van der Waals surface area (Å²) in [6.45, 7) is 4.73. The minimum Gasteiger partial charge on any atom is -0.393 e. The predicted molar refractivity (Wildman–Crippen MR) is 82.7 cm³/mol. The van der Waals surface area contributed by atoms with E-state index in [0.29, 0.717) is 17.1 Å². The Balaban J connectivity index is 1.66. The Morgan fingerprint density at radius 2 is 1.76 bits per heavy atom. The Hall–Kier alpha value is -0.370. The number of rotatable bonds is 0. The number of carbonyl (C=O) groups excluding carboxylic acids is 1. The molecule has 0 aromatic rings. The molecule has 4 aliphatic carbocycles. The molecule has 0 amide bonds. The van der Waals surface area contributed by atoms with E-state index in [1.165, 1.54) is 25.7 Å². The molecule has 4 fully saturated rings. The van der Waals surface area contributed by atoms with E-state index in [4.69, 9.17) is 0 Å². The smallest absolute Gasteiger partial charge is 0.139 e. The monoisotopic (exact) mass is 290 g/mol. The molecule has 118 valence electrons. The Labute approximate surface area is 128 Å². The molecule has 0 saturated heterocycles. The van der Waals surface area contributed by atoms with Crippen LogP contribution in [0.25, 0.3) is 0 Å². The molecule has 0 aromatic heterocycles. The van der Waals surface area contributed by atoms with Crippen molar-refractivity contribution in [2.45, 2.75) is 77.7 Å². The van der Waals surface area contributed by atoms with Crippen molar-refractivity contribution < 1.29 is 9.90 Å². The van der Waals surface area contributed by atoms with Crippen LogP contribution in [0.5, 0.6) is 0 Å². The standard InChI is InChI=1S/C19H30O2/c1-18-10-9-16-14(15(18)7-8-17(18)21)6-4-12-3-5-13(20)11-19(12,16)2/h12-16,20H,3-11H2,1-2H3/t12-,13+,14+,15+,16+,18+,19+/m1/s1. The zero-order valence-corrected chi connectivity index (χ0v) is 13.6. The van der Waals surface area contributed by atoms with Gasteiger partial charge in [-0.2, -0.15) is 0 Å². The number of hydrogen-bond donors (Lipinski definition) is 1. The van der Waals surface area contributed by atoms with E-state index in [0.717, 1.165) is 49.9 Å². The summed E-state index contributed by atoms with van der Waals surface area (Å²) in [5, 5.41) is 10.2. The quantitative estimate of drug-likeness (QED) is 0.733. The average molecular weight is 290 g/mol. The van der Waals surface area contributed by atoms with Crippen molar-refractivity contribution >= 4 is 5.78 Å². The van der Waals surface area contributed by atoms with Crippen molar-refractivity contribution in [2.24, 2.45) is 34.5 Å². The van der Waals surface area contributed by atoms with E-state index >= 15 is 0 Å². The lowest BCUT2D eigenvalue weighted by Crippen LogP contribution is -2.54. The molecule has 2 nitrogen and oxygen atoms in total. The number of ketones is 1. The Bertz CT molecular complexity index is 458. The molecule has 0 aliphatic heterocycles. The van der Waals surface area contributed by atoms with Crippen LogP contribution in [0.4, 0.5) is 0 Å². The van der Waals surface area contributed by atoms with Gasteiger partial charge in [0.2, 0.25) is 0 Å².